The van der Waals surface area contributed by atoms with E-state index >= 15 is 0 Å². The molecule has 0 aromatic carbocycles. The van der Waals surface area contributed by atoms with Crippen molar-refractivity contribution in [1.29, 1.82) is 5.41 Å². The van der Waals surface area contributed by atoms with Crippen molar-refractivity contribution in [3.05, 3.63) is 58.4 Å². The molecule has 1 heterocycles. The fourth-order valence-electron chi connectivity index (χ4n) is 1.14. The second kappa shape index (κ2) is 3.62. The Kier molecular flexibility index (Phi) is 2.32. The van der Waals surface area contributed by atoms with E-state index in [0.717, 1.165) is 0 Å². The molecule has 2 aliphatic rings. The molecule has 0 aromatic heterocycles. The Balaban J connectivity index is 2.30. The lowest BCUT2D eigenvalue weighted by Crippen LogP contribution is -1.92. The Labute approximate surface area is 81.7 Å². The average molecular weight is 187 g/mol. The Hall–Kier alpha value is -1.28. The Bertz CT molecular complexity index is 363. The van der Waals surface area contributed by atoms with Gasteiger partial charge in [0.25, 0.3) is 0 Å². The lowest BCUT2D eigenvalue weighted by molar-refractivity contribution is 1.51. The summed E-state index contributed by atoms with van der Waals surface area (Å²) < 4.78 is 0. The van der Waals surface area contributed by atoms with E-state index in [1.54, 1.807) is 11.8 Å². The van der Waals surface area contributed by atoms with Crippen molar-refractivity contribution in [2.45, 2.75) is 0 Å². The maximum Gasteiger partial charge on any atom is 0.0540 e. The van der Waals surface area contributed by atoms with Gasteiger partial charge in [-0.2, -0.15) is 0 Å². The van der Waals surface area contributed by atoms with Gasteiger partial charge in [0.05, 0.1) is 5.71 Å². The van der Waals surface area contributed by atoms with Crippen LogP contribution in [0.15, 0.2) is 58.4 Å². The molecule has 1 aliphatic carbocycles. The van der Waals surface area contributed by atoms with Crippen LogP contribution in [0.1, 0.15) is 0 Å². The lowest BCUT2D eigenvalue weighted by Gasteiger charge is -2.07. The fraction of sp³-hybridized carbons (Fsp3) is 0. The maximum absolute atomic E-state index is 7.36. The van der Waals surface area contributed by atoms with Crippen LogP contribution in [-0.4, -0.2) is 5.71 Å². The van der Waals surface area contributed by atoms with Crippen molar-refractivity contribution >= 4 is 17.5 Å². The minimum atomic E-state index is 0.560. The van der Waals surface area contributed by atoms with Crippen LogP contribution in [0.5, 0.6) is 0 Å². The van der Waals surface area contributed by atoms with E-state index in [2.05, 4.69) is 11.5 Å². The second-order valence-electron chi connectivity index (χ2n) is 2.75. The summed E-state index contributed by atoms with van der Waals surface area (Å²) in [6.45, 7) is 0. The maximum atomic E-state index is 7.36. The van der Waals surface area contributed by atoms with Gasteiger partial charge in [0.2, 0.25) is 0 Å². The molecule has 1 aliphatic heterocycles. The predicted molar refractivity (Wildman–Crippen MR) is 58.9 cm³/mol. The van der Waals surface area contributed by atoms with Crippen molar-refractivity contribution in [2.24, 2.45) is 0 Å². The van der Waals surface area contributed by atoms with Gasteiger partial charge in [0, 0.05) is 4.91 Å². The molecule has 0 radical (unpaired) electrons. The van der Waals surface area contributed by atoms with Crippen molar-refractivity contribution in [1.82, 2.24) is 0 Å². The smallest absolute Gasteiger partial charge is 0.0540 e. The van der Waals surface area contributed by atoms with Crippen molar-refractivity contribution < 1.29 is 0 Å². The zero-order chi connectivity index (χ0) is 9.10. The van der Waals surface area contributed by atoms with E-state index in [1.165, 1.54) is 10.5 Å². The van der Waals surface area contributed by atoms with Crippen LogP contribution in [0, 0.1) is 5.41 Å². The number of hydrogen-bond donors (Lipinski definition) is 1. The molecule has 64 valence electrons. The summed E-state index contributed by atoms with van der Waals surface area (Å²) in [5.41, 5.74) is 1.74. The molecule has 0 spiro atoms. The van der Waals surface area contributed by atoms with Gasteiger partial charge in [0.15, 0.2) is 0 Å². The van der Waals surface area contributed by atoms with E-state index in [-0.39, 0.29) is 0 Å². The monoisotopic (exact) mass is 187 g/mol. The molecule has 0 fully saturated rings. The minimum absolute atomic E-state index is 0.560. The molecular formula is C11H9NS. The molecule has 1 N–H and O–H groups in total. The van der Waals surface area contributed by atoms with Gasteiger partial charge in [-0.05, 0) is 29.2 Å². The Morgan fingerprint density at radius 1 is 0.923 bits per heavy atom. The number of thioether (sulfide) groups is 1. The fourth-order valence-corrected chi connectivity index (χ4v) is 1.88. The Morgan fingerprint density at radius 2 is 1.69 bits per heavy atom. The van der Waals surface area contributed by atoms with Gasteiger partial charge in [-0.25, -0.2) is 0 Å². The summed E-state index contributed by atoms with van der Waals surface area (Å²) in [6, 6.07) is 0. The zero-order valence-corrected chi connectivity index (χ0v) is 7.84. The van der Waals surface area contributed by atoms with Crippen LogP contribution in [-0.2, 0) is 0 Å². The van der Waals surface area contributed by atoms with Crippen LogP contribution >= 0.6 is 11.8 Å². The third-order valence-corrected chi connectivity index (χ3v) is 2.72. The number of hydrogen-bond acceptors (Lipinski definition) is 2. The van der Waals surface area contributed by atoms with E-state index in [1.807, 2.05) is 36.5 Å². The molecular weight excluding hydrogens is 178 g/mol. The number of rotatable bonds is 0. The Morgan fingerprint density at radius 3 is 2.31 bits per heavy atom. The summed E-state index contributed by atoms with van der Waals surface area (Å²) in [5.74, 6) is 0. The molecule has 2 rings (SSSR count). The molecule has 2 heteroatoms. The van der Waals surface area contributed by atoms with Crippen molar-refractivity contribution in [3.63, 3.8) is 0 Å². The molecule has 0 unspecified atom stereocenters. The lowest BCUT2D eigenvalue weighted by atomic mass is 10.1. The minimum Gasteiger partial charge on any atom is -0.301 e. The van der Waals surface area contributed by atoms with Gasteiger partial charge in [-0.15, -0.1) is 0 Å². The van der Waals surface area contributed by atoms with E-state index in [4.69, 9.17) is 5.41 Å². The molecule has 0 atom stereocenters. The van der Waals surface area contributed by atoms with Crippen LogP contribution in [0.25, 0.3) is 0 Å². The second-order valence-corrected chi connectivity index (χ2v) is 3.69. The van der Waals surface area contributed by atoms with Crippen LogP contribution in [0.4, 0.5) is 0 Å². The number of allylic oxidation sites excluding steroid dienone is 8. The number of nitrogens with one attached hydrogen (secondary N) is 1. The molecule has 0 saturated carbocycles. The summed E-state index contributed by atoms with van der Waals surface area (Å²) in [6.07, 6.45) is 13.7. The highest BCUT2D eigenvalue weighted by Crippen LogP contribution is 2.27. The summed E-state index contributed by atoms with van der Waals surface area (Å²) in [4.78, 5) is 1.24. The molecule has 13 heavy (non-hydrogen) atoms. The standard InChI is InChI=1S/C11H9NS/c12-10-6-4-9(5-7-10)11-3-1-2-8-13-11/h1-8,12H. The largest absolute Gasteiger partial charge is 0.301 e. The van der Waals surface area contributed by atoms with Crippen LogP contribution in [0.2, 0.25) is 0 Å². The first-order chi connectivity index (χ1) is 6.36. The van der Waals surface area contributed by atoms with E-state index in [9.17, 15) is 0 Å². The van der Waals surface area contributed by atoms with Crippen molar-refractivity contribution in [3.8, 4) is 0 Å². The van der Waals surface area contributed by atoms with Crippen molar-refractivity contribution in [2.75, 3.05) is 0 Å². The first-order valence-electron chi connectivity index (χ1n) is 4.05. The molecule has 0 saturated heterocycles. The van der Waals surface area contributed by atoms with Crippen LogP contribution < -0.4 is 0 Å². The predicted octanol–water partition coefficient (Wildman–Crippen LogP) is 3.20. The topological polar surface area (TPSA) is 23.9 Å². The van der Waals surface area contributed by atoms with E-state index in [0.29, 0.717) is 5.71 Å². The summed E-state index contributed by atoms with van der Waals surface area (Å²) in [7, 11) is 0. The first kappa shape index (κ1) is 8.32. The normalized spacial score (nSPS) is 20.2. The summed E-state index contributed by atoms with van der Waals surface area (Å²) >= 11 is 1.71. The summed E-state index contributed by atoms with van der Waals surface area (Å²) in [5, 5.41) is 9.42. The highest BCUT2D eigenvalue weighted by molar-refractivity contribution is 8.06. The van der Waals surface area contributed by atoms with Gasteiger partial charge < -0.3 is 5.41 Å². The molecule has 1 nitrogen and oxygen atoms in total. The average Bonchev–Trinajstić information content (AvgIpc) is 2.20. The highest BCUT2D eigenvalue weighted by Gasteiger charge is 2.03. The van der Waals surface area contributed by atoms with Gasteiger partial charge in [-0.3, -0.25) is 0 Å². The zero-order valence-electron chi connectivity index (χ0n) is 7.03. The third kappa shape index (κ3) is 1.90. The van der Waals surface area contributed by atoms with Crippen LogP contribution in [0.3, 0.4) is 0 Å². The third-order valence-electron chi connectivity index (χ3n) is 1.80. The van der Waals surface area contributed by atoms with Gasteiger partial charge in [0.1, 0.15) is 0 Å². The van der Waals surface area contributed by atoms with Gasteiger partial charge >= 0.3 is 0 Å². The molecule has 0 bridgehead atoms. The SMILES string of the molecule is N=C1C=CC(=C2C=CC=CS2)C=C1. The first-order valence-corrected chi connectivity index (χ1v) is 4.93. The highest BCUT2D eigenvalue weighted by atomic mass is 32.2. The molecule has 0 aromatic rings. The quantitative estimate of drug-likeness (QED) is 0.618. The molecule has 0 amide bonds. The van der Waals surface area contributed by atoms with E-state index < -0.39 is 0 Å². The van der Waals surface area contributed by atoms with Gasteiger partial charge in [-0.1, -0.05) is 36.1 Å².